The van der Waals surface area contributed by atoms with Crippen LogP contribution in [-0.2, 0) is 5.41 Å². The minimum absolute atomic E-state index is 0.0285. The quantitative estimate of drug-likeness (QED) is 0.247. The van der Waals surface area contributed by atoms with Gasteiger partial charge in [-0.1, -0.05) is 60.7 Å². The van der Waals surface area contributed by atoms with Gasteiger partial charge in [0.2, 0.25) is 0 Å². The molecule has 0 atom stereocenters. The number of nitrogens with zero attached hydrogens (tertiary/aromatic N) is 1. The van der Waals surface area contributed by atoms with Crippen molar-refractivity contribution in [3.8, 4) is 0 Å². The SMILES string of the molecule is CC(C)=C=CCC(CNC(=O)Nc1ccc([N+](=O)[O-])cc1)(c1ccccc1)c1ccccc1. The molecule has 33 heavy (non-hydrogen) atoms. The van der Waals surface area contributed by atoms with Gasteiger partial charge in [-0.3, -0.25) is 10.1 Å². The van der Waals surface area contributed by atoms with Gasteiger partial charge >= 0.3 is 6.03 Å². The van der Waals surface area contributed by atoms with Crippen LogP contribution in [0.2, 0.25) is 0 Å². The molecule has 0 heterocycles. The fraction of sp³-hybridized carbons (Fsp3) is 0.185. The predicted molar refractivity (Wildman–Crippen MR) is 131 cm³/mol. The second kappa shape index (κ2) is 10.9. The maximum absolute atomic E-state index is 12.7. The molecule has 0 radical (unpaired) electrons. The van der Waals surface area contributed by atoms with Crippen LogP contribution in [0.4, 0.5) is 16.2 Å². The summed E-state index contributed by atoms with van der Waals surface area (Å²) in [6, 6.07) is 25.6. The van der Waals surface area contributed by atoms with Gasteiger partial charge in [0, 0.05) is 29.8 Å². The third-order valence-corrected chi connectivity index (χ3v) is 5.38. The van der Waals surface area contributed by atoms with Crippen molar-refractivity contribution in [2.24, 2.45) is 0 Å². The van der Waals surface area contributed by atoms with Gasteiger partial charge in [0.05, 0.1) is 4.92 Å². The van der Waals surface area contributed by atoms with E-state index in [1.54, 1.807) is 0 Å². The molecule has 168 valence electrons. The fourth-order valence-electron chi connectivity index (χ4n) is 3.70. The first-order valence-corrected chi connectivity index (χ1v) is 10.7. The maximum Gasteiger partial charge on any atom is 0.319 e. The summed E-state index contributed by atoms with van der Waals surface area (Å²) in [6.07, 6.45) is 2.66. The highest BCUT2D eigenvalue weighted by Crippen LogP contribution is 2.35. The average molecular weight is 442 g/mol. The van der Waals surface area contributed by atoms with Gasteiger partial charge in [0.25, 0.3) is 5.69 Å². The van der Waals surface area contributed by atoms with Gasteiger partial charge in [-0.2, -0.15) is 0 Å². The van der Waals surface area contributed by atoms with E-state index in [9.17, 15) is 14.9 Å². The van der Waals surface area contributed by atoms with E-state index in [-0.39, 0.29) is 11.7 Å². The Balaban J connectivity index is 1.89. The summed E-state index contributed by atoms with van der Waals surface area (Å²) >= 11 is 0. The number of non-ortho nitro benzene ring substituents is 1. The molecule has 2 N–H and O–H groups in total. The molecule has 0 aromatic heterocycles. The smallest absolute Gasteiger partial charge is 0.319 e. The van der Waals surface area contributed by atoms with E-state index in [0.29, 0.717) is 18.7 Å². The summed E-state index contributed by atoms with van der Waals surface area (Å²) in [5.41, 5.74) is 6.48. The topological polar surface area (TPSA) is 84.3 Å². The van der Waals surface area contributed by atoms with E-state index in [1.165, 1.54) is 24.3 Å². The summed E-state index contributed by atoms with van der Waals surface area (Å²) in [5.74, 6) is 0. The van der Waals surface area contributed by atoms with Gasteiger partial charge in [-0.05, 0) is 55.2 Å². The van der Waals surface area contributed by atoms with Crippen molar-refractivity contribution in [3.63, 3.8) is 0 Å². The van der Waals surface area contributed by atoms with Crippen LogP contribution in [0.3, 0.4) is 0 Å². The number of nitro groups is 1. The summed E-state index contributed by atoms with van der Waals surface area (Å²) in [7, 11) is 0. The van der Waals surface area contributed by atoms with E-state index >= 15 is 0 Å². The second-order valence-electron chi connectivity index (χ2n) is 7.98. The van der Waals surface area contributed by atoms with Crippen LogP contribution >= 0.6 is 0 Å². The molecule has 0 saturated heterocycles. The highest BCUT2D eigenvalue weighted by molar-refractivity contribution is 5.89. The zero-order valence-corrected chi connectivity index (χ0v) is 18.7. The fourth-order valence-corrected chi connectivity index (χ4v) is 3.70. The van der Waals surface area contributed by atoms with Crippen molar-refractivity contribution in [2.75, 3.05) is 11.9 Å². The van der Waals surface area contributed by atoms with E-state index in [1.807, 2.05) is 56.3 Å². The lowest BCUT2D eigenvalue weighted by molar-refractivity contribution is -0.384. The molecule has 0 saturated carbocycles. The van der Waals surface area contributed by atoms with Gasteiger partial charge < -0.3 is 10.6 Å². The number of amides is 2. The van der Waals surface area contributed by atoms with Gasteiger partial charge in [0.15, 0.2) is 0 Å². The first-order chi connectivity index (χ1) is 15.9. The lowest BCUT2D eigenvalue weighted by atomic mass is 9.72. The van der Waals surface area contributed by atoms with Crippen LogP contribution < -0.4 is 10.6 Å². The normalized spacial score (nSPS) is 10.6. The third-order valence-electron chi connectivity index (χ3n) is 5.38. The van der Waals surface area contributed by atoms with E-state index < -0.39 is 10.3 Å². The molecule has 3 rings (SSSR count). The van der Waals surface area contributed by atoms with Crippen LogP contribution in [0.25, 0.3) is 0 Å². The van der Waals surface area contributed by atoms with Crippen LogP contribution in [0.5, 0.6) is 0 Å². The van der Waals surface area contributed by atoms with Crippen molar-refractivity contribution in [1.82, 2.24) is 5.32 Å². The van der Waals surface area contributed by atoms with Crippen LogP contribution in [0.1, 0.15) is 31.4 Å². The van der Waals surface area contributed by atoms with Crippen LogP contribution in [-0.4, -0.2) is 17.5 Å². The Labute approximate surface area is 193 Å². The first kappa shape index (κ1) is 23.5. The Morgan fingerprint density at radius 3 is 1.97 bits per heavy atom. The van der Waals surface area contributed by atoms with E-state index in [2.05, 4.69) is 40.6 Å². The largest absolute Gasteiger partial charge is 0.337 e. The summed E-state index contributed by atoms with van der Waals surface area (Å²) in [6.45, 7) is 4.35. The minimum Gasteiger partial charge on any atom is -0.337 e. The summed E-state index contributed by atoms with van der Waals surface area (Å²) in [4.78, 5) is 23.1. The summed E-state index contributed by atoms with van der Waals surface area (Å²) in [5, 5.41) is 16.6. The van der Waals surface area contributed by atoms with Gasteiger partial charge in [-0.25, -0.2) is 4.79 Å². The molecule has 0 spiro atoms. The Kier molecular flexibility index (Phi) is 7.79. The number of urea groups is 1. The Hall–Kier alpha value is -4.15. The lowest BCUT2D eigenvalue weighted by Gasteiger charge is -2.34. The number of anilines is 1. The molecule has 2 amide bonds. The standard InChI is InChI=1S/C27H27N3O3/c1-21(2)10-9-19-27(22-11-5-3-6-12-22,23-13-7-4-8-14-23)20-28-26(31)29-24-15-17-25(18-16-24)30(32)33/h3-9,11-18H,19-20H2,1-2H3,(H2,28,29,31). The molecule has 0 aliphatic heterocycles. The highest BCUT2D eigenvalue weighted by Gasteiger charge is 2.33. The molecule has 0 bridgehead atoms. The number of carbonyl (C=O) groups is 1. The average Bonchev–Trinajstić information content (AvgIpc) is 2.82. The number of rotatable bonds is 8. The number of hydrogen-bond donors (Lipinski definition) is 2. The third kappa shape index (κ3) is 6.19. The molecule has 0 unspecified atom stereocenters. The van der Waals surface area contributed by atoms with Crippen molar-refractivity contribution in [3.05, 3.63) is 124 Å². The molecule has 3 aromatic carbocycles. The molecule has 6 nitrogen and oxygen atoms in total. The van der Waals surface area contributed by atoms with Gasteiger partial charge in [0.1, 0.15) is 0 Å². The monoisotopic (exact) mass is 441 g/mol. The van der Waals surface area contributed by atoms with Crippen molar-refractivity contribution in [1.29, 1.82) is 0 Å². The van der Waals surface area contributed by atoms with Crippen LogP contribution in [0, 0.1) is 10.1 Å². The van der Waals surface area contributed by atoms with E-state index in [0.717, 1.165) is 16.7 Å². The van der Waals surface area contributed by atoms with Crippen LogP contribution in [0.15, 0.2) is 102 Å². The Bertz CT molecular complexity index is 1110. The number of benzene rings is 3. The molecule has 0 fully saturated rings. The zero-order valence-electron chi connectivity index (χ0n) is 18.7. The number of hydrogen-bond acceptors (Lipinski definition) is 3. The number of allylic oxidation sites excluding steroid dienone is 1. The summed E-state index contributed by atoms with van der Waals surface area (Å²) < 4.78 is 0. The Morgan fingerprint density at radius 1 is 0.939 bits per heavy atom. The Morgan fingerprint density at radius 2 is 1.48 bits per heavy atom. The second-order valence-corrected chi connectivity index (χ2v) is 7.98. The van der Waals surface area contributed by atoms with Gasteiger partial charge in [-0.15, -0.1) is 5.73 Å². The van der Waals surface area contributed by atoms with Crippen molar-refractivity contribution >= 4 is 17.4 Å². The molecular weight excluding hydrogens is 414 g/mol. The zero-order chi connectivity index (χ0) is 23.7. The molecular formula is C27H27N3O3. The van der Waals surface area contributed by atoms with Crippen molar-refractivity contribution in [2.45, 2.75) is 25.7 Å². The molecule has 3 aromatic rings. The predicted octanol–water partition coefficient (Wildman–Crippen LogP) is 6.21. The number of carbonyl (C=O) groups excluding carboxylic acids is 1. The number of nitro benzene ring substituents is 1. The van der Waals surface area contributed by atoms with Crippen molar-refractivity contribution < 1.29 is 9.72 Å². The highest BCUT2D eigenvalue weighted by atomic mass is 16.6. The maximum atomic E-state index is 12.7. The molecule has 0 aliphatic carbocycles. The molecule has 6 heteroatoms. The number of nitrogens with one attached hydrogen (secondary N) is 2. The molecule has 0 aliphatic rings. The van der Waals surface area contributed by atoms with E-state index in [4.69, 9.17) is 0 Å². The lowest BCUT2D eigenvalue weighted by Crippen LogP contribution is -2.43. The first-order valence-electron chi connectivity index (χ1n) is 10.7. The minimum atomic E-state index is -0.502.